The first-order chi connectivity index (χ1) is 7.25. The topological polar surface area (TPSA) is 30.2 Å². The normalized spacial score (nSPS) is 11.1. The van der Waals surface area contributed by atoms with Crippen LogP contribution in [0, 0.1) is 13.8 Å². The molecule has 1 aromatic carbocycles. The van der Waals surface area contributed by atoms with Gasteiger partial charge in [0.1, 0.15) is 0 Å². The third-order valence-corrected chi connectivity index (χ3v) is 2.10. The summed E-state index contributed by atoms with van der Waals surface area (Å²) in [6, 6.07) is 12.0. The van der Waals surface area contributed by atoms with Gasteiger partial charge in [-0.3, -0.25) is 0 Å². The van der Waals surface area contributed by atoms with Crippen molar-refractivity contribution in [3.63, 3.8) is 0 Å². The maximum absolute atomic E-state index is 4.28. The van der Waals surface area contributed by atoms with E-state index in [1.54, 1.807) is 11.0 Å². The molecule has 0 aliphatic heterocycles. The molecule has 0 aliphatic carbocycles. The van der Waals surface area contributed by atoms with Crippen LogP contribution in [0.1, 0.15) is 17.0 Å². The zero-order valence-electron chi connectivity index (χ0n) is 8.88. The van der Waals surface area contributed by atoms with E-state index in [1.165, 1.54) is 0 Å². The summed E-state index contributed by atoms with van der Waals surface area (Å²) >= 11 is 0. The molecule has 3 heteroatoms. The molecule has 0 unspecified atom stereocenters. The lowest BCUT2D eigenvalue weighted by atomic mass is 10.2. The van der Waals surface area contributed by atoms with Crippen molar-refractivity contribution in [1.29, 1.82) is 0 Å². The molecule has 0 atom stereocenters. The van der Waals surface area contributed by atoms with Crippen LogP contribution in [-0.4, -0.2) is 16.1 Å². The molecule has 0 radical (unpaired) electrons. The predicted molar refractivity (Wildman–Crippen MR) is 61.1 cm³/mol. The first-order valence-electron chi connectivity index (χ1n) is 4.88. The Bertz CT molecular complexity index is 469. The van der Waals surface area contributed by atoms with Gasteiger partial charge in [0.25, 0.3) is 0 Å². The molecule has 1 heterocycles. The van der Waals surface area contributed by atoms with E-state index in [2.05, 4.69) is 10.2 Å². The van der Waals surface area contributed by atoms with Gasteiger partial charge in [0.15, 0.2) is 0 Å². The summed E-state index contributed by atoms with van der Waals surface area (Å²) in [4.78, 5) is 1.64. The summed E-state index contributed by atoms with van der Waals surface area (Å²) in [5, 5.41) is 8.52. The Morgan fingerprint density at radius 2 is 1.93 bits per heavy atom. The fourth-order valence-electron chi connectivity index (χ4n) is 1.39. The van der Waals surface area contributed by atoms with Crippen LogP contribution in [0.4, 0.5) is 0 Å². The van der Waals surface area contributed by atoms with Gasteiger partial charge < -0.3 is 0 Å². The Kier molecular flexibility index (Phi) is 2.63. The monoisotopic (exact) mass is 199 g/mol. The van der Waals surface area contributed by atoms with Gasteiger partial charge in [0, 0.05) is 0 Å². The maximum Gasteiger partial charge on any atom is 0.0618 e. The molecule has 0 amide bonds. The third-order valence-electron chi connectivity index (χ3n) is 2.10. The molecule has 15 heavy (non-hydrogen) atoms. The maximum atomic E-state index is 4.28. The molecule has 2 aromatic rings. The van der Waals surface area contributed by atoms with Gasteiger partial charge in [-0.05, 0) is 25.5 Å². The summed E-state index contributed by atoms with van der Waals surface area (Å²) in [6.07, 6.45) is 1.80. The third kappa shape index (κ3) is 2.31. The first kappa shape index (κ1) is 9.65. The van der Waals surface area contributed by atoms with Crippen molar-refractivity contribution >= 4 is 6.21 Å². The van der Waals surface area contributed by atoms with E-state index < -0.39 is 0 Å². The molecule has 0 bridgehead atoms. The standard InChI is InChI=1S/C12H13N3/c1-10-8-11(2)15(14-10)13-9-12-6-4-3-5-7-12/h3-9H,1-2H3. The SMILES string of the molecule is Cc1cc(C)n(N=Cc2ccccc2)n1. The average Bonchev–Trinajstić information content (AvgIpc) is 2.56. The molecular weight excluding hydrogens is 186 g/mol. The smallest absolute Gasteiger partial charge is 0.0618 e. The number of benzene rings is 1. The van der Waals surface area contributed by atoms with E-state index in [-0.39, 0.29) is 0 Å². The Balaban J connectivity index is 2.22. The highest BCUT2D eigenvalue weighted by molar-refractivity contribution is 5.79. The van der Waals surface area contributed by atoms with Crippen molar-refractivity contribution in [2.24, 2.45) is 5.10 Å². The van der Waals surface area contributed by atoms with Crippen molar-refractivity contribution in [1.82, 2.24) is 9.89 Å². The van der Waals surface area contributed by atoms with Gasteiger partial charge in [-0.2, -0.15) is 15.0 Å². The summed E-state index contributed by atoms with van der Waals surface area (Å²) in [7, 11) is 0. The minimum Gasteiger partial charge on any atom is -0.158 e. The van der Waals surface area contributed by atoms with Gasteiger partial charge >= 0.3 is 0 Å². The van der Waals surface area contributed by atoms with Crippen LogP contribution < -0.4 is 0 Å². The van der Waals surface area contributed by atoms with E-state index in [1.807, 2.05) is 50.2 Å². The molecule has 0 fully saturated rings. The van der Waals surface area contributed by atoms with E-state index in [9.17, 15) is 0 Å². The van der Waals surface area contributed by atoms with Gasteiger partial charge in [-0.25, -0.2) is 0 Å². The number of hydrogen-bond acceptors (Lipinski definition) is 2. The summed E-state index contributed by atoms with van der Waals surface area (Å²) in [5.41, 5.74) is 3.10. The number of rotatable bonds is 2. The van der Waals surface area contributed by atoms with E-state index in [0.29, 0.717) is 0 Å². The van der Waals surface area contributed by atoms with Crippen molar-refractivity contribution in [3.8, 4) is 0 Å². The van der Waals surface area contributed by atoms with Crippen LogP contribution in [-0.2, 0) is 0 Å². The molecule has 0 saturated carbocycles. The highest BCUT2D eigenvalue weighted by Gasteiger charge is 1.96. The van der Waals surface area contributed by atoms with E-state index in [4.69, 9.17) is 0 Å². The summed E-state index contributed by atoms with van der Waals surface area (Å²) in [5.74, 6) is 0. The van der Waals surface area contributed by atoms with Gasteiger partial charge in [-0.15, -0.1) is 0 Å². The average molecular weight is 199 g/mol. The Morgan fingerprint density at radius 3 is 2.53 bits per heavy atom. The Labute approximate surface area is 89.1 Å². The van der Waals surface area contributed by atoms with E-state index in [0.717, 1.165) is 17.0 Å². The lowest BCUT2D eigenvalue weighted by Crippen LogP contribution is -1.95. The van der Waals surface area contributed by atoms with Crippen LogP contribution in [0.5, 0.6) is 0 Å². The Morgan fingerprint density at radius 1 is 1.20 bits per heavy atom. The van der Waals surface area contributed by atoms with Crippen molar-refractivity contribution in [3.05, 3.63) is 53.3 Å². The van der Waals surface area contributed by atoms with Crippen molar-refractivity contribution < 1.29 is 0 Å². The summed E-state index contributed by atoms with van der Waals surface area (Å²) < 4.78 is 0. The second-order valence-electron chi connectivity index (χ2n) is 3.47. The van der Waals surface area contributed by atoms with Crippen LogP contribution in [0.2, 0.25) is 0 Å². The summed E-state index contributed by atoms with van der Waals surface area (Å²) in [6.45, 7) is 3.95. The highest BCUT2D eigenvalue weighted by Crippen LogP contribution is 2.01. The molecule has 3 nitrogen and oxygen atoms in total. The number of hydrogen-bond donors (Lipinski definition) is 0. The molecule has 1 aromatic heterocycles. The van der Waals surface area contributed by atoms with Gasteiger partial charge in [0.2, 0.25) is 0 Å². The highest BCUT2D eigenvalue weighted by atomic mass is 15.5. The van der Waals surface area contributed by atoms with Crippen molar-refractivity contribution in [2.45, 2.75) is 13.8 Å². The molecular formula is C12H13N3. The lowest BCUT2D eigenvalue weighted by Gasteiger charge is -1.94. The lowest BCUT2D eigenvalue weighted by molar-refractivity contribution is 0.711. The fourth-order valence-corrected chi connectivity index (χ4v) is 1.39. The van der Waals surface area contributed by atoms with E-state index >= 15 is 0 Å². The molecule has 76 valence electrons. The van der Waals surface area contributed by atoms with Crippen LogP contribution in [0.15, 0.2) is 41.5 Å². The minimum atomic E-state index is 0.984. The predicted octanol–water partition coefficient (Wildman–Crippen LogP) is 2.38. The zero-order valence-corrected chi connectivity index (χ0v) is 8.88. The molecule has 2 rings (SSSR count). The van der Waals surface area contributed by atoms with Crippen molar-refractivity contribution in [2.75, 3.05) is 0 Å². The first-order valence-corrected chi connectivity index (χ1v) is 4.88. The van der Waals surface area contributed by atoms with Crippen LogP contribution in [0.3, 0.4) is 0 Å². The molecule has 0 saturated heterocycles. The zero-order chi connectivity index (χ0) is 10.7. The molecule has 0 aliphatic rings. The molecule has 0 spiro atoms. The van der Waals surface area contributed by atoms with Crippen LogP contribution >= 0.6 is 0 Å². The minimum absolute atomic E-state index is 0.984. The fraction of sp³-hybridized carbons (Fsp3) is 0.167. The largest absolute Gasteiger partial charge is 0.158 e. The quantitative estimate of drug-likeness (QED) is 0.683. The number of aromatic nitrogens is 2. The van der Waals surface area contributed by atoms with Gasteiger partial charge in [-0.1, -0.05) is 30.3 Å². The number of nitrogens with zero attached hydrogens (tertiary/aromatic N) is 3. The second-order valence-corrected chi connectivity index (χ2v) is 3.47. The second kappa shape index (κ2) is 4.09. The van der Waals surface area contributed by atoms with Gasteiger partial charge in [0.05, 0.1) is 17.6 Å². The molecule has 0 N–H and O–H groups in total. The number of aryl methyl sites for hydroxylation is 2. The Hall–Kier alpha value is -1.90. The van der Waals surface area contributed by atoms with Crippen LogP contribution in [0.25, 0.3) is 0 Å².